The SMILES string of the molecule is CCCCCc1ccc(-c2cc3cn([C@H]4C[C@H](OC(=O)OCc5ccccc5)[C@@H](COC(=O)C(NC(=O)OCc5ccccc5)C(C)C)O4)c(=O)nc3o2)cc1. The third-order valence-corrected chi connectivity index (χ3v) is 9.48. The molecule has 1 saturated heterocycles. The number of nitrogens with zero attached hydrogens (tertiary/aromatic N) is 2. The van der Waals surface area contributed by atoms with E-state index in [0.717, 1.165) is 36.0 Å². The summed E-state index contributed by atoms with van der Waals surface area (Å²) in [5.74, 6) is -0.542. The molecule has 1 aliphatic rings. The van der Waals surface area contributed by atoms with Gasteiger partial charge in [0.1, 0.15) is 50.1 Å². The quantitative estimate of drug-likeness (QED) is 0.0592. The molecular formula is C43H47N3O10. The number of hydrogen-bond donors (Lipinski definition) is 1. The van der Waals surface area contributed by atoms with Crippen molar-refractivity contribution >= 4 is 29.3 Å². The first kappa shape index (κ1) is 39.7. The lowest BCUT2D eigenvalue weighted by Gasteiger charge is -2.23. The largest absolute Gasteiger partial charge is 0.508 e. The van der Waals surface area contributed by atoms with Crippen molar-refractivity contribution in [2.24, 2.45) is 5.92 Å². The number of carbonyl (C=O) groups excluding carboxylic acids is 3. The highest BCUT2D eigenvalue weighted by atomic mass is 16.7. The average molecular weight is 766 g/mol. The summed E-state index contributed by atoms with van der Waals surface area (Å²) < 4.78 is 35.5. The molecule has 56 heavy (non-hydrogen) atoms. The molecule has 3 aromatic carbocycles. The van der Waals surface area contributed by atoms with E-state index in [9.17, 15) is 19.2 Å². The molecule has 0 radical (unpaired) electrons. The van der Waals surface area contributed by atoms with E-state index in [2.05, 4.69) is 29.4 Å². The Morgan fingerprint density at radius 1 is 0.875 bits per heavy atom. The Bertz CT molecular complexity index is 2120. The van der Waals surface area contributed by atoms with Crippen LogP contribution in [0.25, 0.3) is 22.4 Å². The number of nitrogens with one attached hydrogen (secondary N) is 1. The van der Waals surface area contributed by atoms with Crippen LogP contribution < -0.4 is 11.0 Å². The standard InChI is InChI=1S/C43H47N3O10/c1-4-5-8-13-29-18-20-32(21-19-29)34-22-33-24-46(41(48)45-39(33)55-34)37-23-35(56-43(50)53-26-31-16-11-7-12-17-31)36(54-37)27-51-40(47)38(28(2)3)44-42(49)52-25-30-14-9-6-10-15-30/h6-7,9-12,14-22,24,28,35-38H,4-5,8,13,23,25-27H2,1-3H3,(H,44,49)/t35-,36+,37+,38?/m0/s1. The molecule has 2 aromatic heterocycles. The van der Waals surface area contributed by atoms with E-state index in [-0.39, 0.29) is 37.9 Å². The van der Waals surface area contributed by atoms with Crippen LogP contribution in [0.5, 0.6) is 0 Å². The number of aryl methyl sites for hydroxylation is 1. The normalized spacial score (nSPS) is 17.0. The van der Waals surface area contributed by atoms with Gasteiger partial charge in [0, 0.05) is 18.2 Å². The van der Waals surface area contributed by atoms with Crippen molar-refractivity contribution in [3.8, 4) is 11.3 Å². The van der Waals surface area contributed by atoms with Crippen LogP contribution in [0, 0.1) is 5.92 Å². The van der Waals surface area contributed by atoms with E-state index in [0.29, 0.717) is 11.1 Å². The fraction of sp³-hybridized carbons (Fsp3) is 0.372. The smallest absolute Gasteiger partial charge is 0.461 e. The topological polar surface area (TPSA) is 157 Å². The number of benzene rings is 3. The number of hydrogen-bond acceptors (Lipinski definition) is 11. The number of alkyl carbamates (subject to hydrolysis) is 1. The second kappa shape index (κ2) is 19.1. The van der Waals surface area contributed by atoms with Crippen LogP contribution in [0.2, 0.25) is 0 Å². The fourth-order valence-electron chi connectivity index (χ4n) is 6.35. The van der Waals surface area contributed by atoms with Crippen LogP contribution in [-0.2, 0) is 48.1 Å². The Kier molecular flexibility index (Phi) is 13.5. The molecular weight excluding hydrogens is 718 g/mol. The molecule has 4 atom stereocenters. The van der Waals surface area contributed by atoms with Crippen molar-refractivity contribution in [1.29, 1.82) is 0 Å². The zero-order chi connectivity index (χ0) is 39.4. The lowest BCUT2D eigenvalue weighted by molar-refractivity contribution is -0.154. The summed E-state index contributed by atoms with van der Waals surface area (Å²) >= 11 is 0. The van der Waals surface area contributed by atoms with Crippen molar-refractivity contribution in [2.75, 3.05) is 6.61 Å². The second-order valence-corrected chi connectivity index (χ2v) is 14.1. The third kappa shape index (κ3) is 10.6. The number of esters is 1. The van der Waals surface area contributed by atoms with Crippen LogP contribution in [0.4, 0.5) is 9.59 Å². The van der Waals surface area contributed by atoms with E-state index >= 15 is 0 Å². The monoisotopic (exact) mass is 765 g/mol. The molecule has 5 aromatic rings. The maximum Gasteiger partial charge on any atom is 0.508 e. The van der Waals surface area contributed by atoms with E-state index < -0.39 is 48.4 Å². The van der Waals surface area contributed by atoms with Gasteiger partial charge in [0.05, 0.1) is 5.39 Å². The summed E-state index contributed by atoms with van der Waals surface area (Å²) in [5, 5.41) is 3.14. The van der Waals surface area contributed by atoms with Crippen LogP contribution in [0.1, 0.15) is 69.4 Å². The average Bonchev–Trinajstić information content (AvgIpc) is 3.81. The van der Waals surface area contributed by atoms with Crippen LogP contribution >= 0.6 is 0 Å². The number of amides is 1. The van der Waals surface area contributed by atoms with Gasteiger partial charge in [0.2, 0.25) is 5.71 Å². The first-order valence-electron chi connectivity index (χ1n) is 19.0. The number of fused-ring (bicyclic) bond motifs is 1. The Balaban J connectivity index is 1.14. The minimum absolute atomic E-state index is 0.0235. The first-order valence-corrected chi connectivity index (χ1v) is 19.0. The molecule has 13 nitrogen and oxygen atoms in total. The number of rotatable bonds is 16. The first-order chi connectivity index (χ1) is 27.2. The van der Waals surface area contributed by atoms with Gasteiger partial charge in [-0.1, -0.05) is 119 Å². The molecule has 1 amide bonds. The zero-order valence-corrected chi connectivity index (χ0v) is 31.8. The number of carbonyl (C=O) groups is 3. The summed E-state index contributed by atoms with van der Waals surface area (Å²) in [5.41, 5.74) is 3.17. The van der Waals surface area contributed by atoms with Gasteiger partial charge >= 0.3 is 23.9 Å². The summed E-state index contributed by atoms with van der Waals surface area (Å²) in [7, 11) is 0. The van der Waals surface area contributed by atoms with Crippen molar-refractivity contribution < 1.29 is 42.5 Å². The Labute approximate surface area is 324 Å². The van der Waals surface area contributed by atoms with Crippen LogP contribution in [-0.4, -0.2) is 52.6 Å². The predicted molar refractivity (Wildman–Crippen MR) is 206 cm³/mol. The number of aromatic nitrogens is 2. The fourth-order valence-corrected chi connectivity index (χ4v) is 6.35. The maximum atomic E-state index is 13.3. The van der Waals surface area contributed by atoms with E-state index in [1.807, 2.05) is 60.7 Å². The molecule has 6 rings (SSSR count). The highest BCUT2D eigenvalue weighted by molar-refractivity contribution is 5.81. The van der Waals surface area contributed by atoms with Gasteiger partial charge in [0.25, 0.3) is 0 Å². The third-order valence-electron chi connectivity index (χ3n) is 9.48. The van der Waals surface area contributed by atoms with Gasteiger partial charge in [-0.05, 0) is 41.5 Å². The van der Waals surface area contributed by atoms with Gasteiger partial charge in [-0.3, -0.25) is 4.57 Å². The molecule has 0 bridgehead atoms. The number of ether oxygens (including phenoxy) is 5. The molecule has 0 aliphatic carbocycles. The van der Waals surface area contributed by atoms with Crippen molar-refractivity contribution in [1.82, 2.24) is 14.9 Å². The zero-order valence-electron chi connectivity index (χ0n) is 31.8. The summed E-state index contributed by atoms with van der Waals surface area (Å²) in [4.78, 5) is 56.4. The molecule has 0 spiro atoms. The molecule has 1 fully saturated rings. The molecule has 1 N–H and O–H groups in total. The van der Waals surface area contributed by atoms with Gasteiger partial charge < -0.3 is 33.4 Å². The Morgan fingerprint density at radius 2 is 1.55 bits per heavy atom. The molecule has 13 heteroatoms. The Morgan fingerprint density at radius 3 is 2.21 bits per heavy atom. The molecule has 1 unspecified atom stereocenters. The minimum Gasteiger partial charge on any atom is -0.461 e. The van der Waals surface area contributed by atoms with Crippen molar-refractivity contribution in [2.45, 2.75) is 90.6 Å². The highest BCUT2D eigenvalue weighted by Crippen LogP contribution is 2.33. The minimum atomic E-state index is -1.05. The molecule has 3 heterocycles. The van der Waals surface area contributed by atoms with Gasteiger partial charge in [-0.25, -0.2) is 19.2 Å². The molecule has 1 aliphatic heterocycles. The number of unbranched alkanes of at least 4 members (excludes halogenated alkanes) is 2. The van der Waals surface area contributed by atoms with E-state index in [1.165, 1.54) is 16.6 Å². The summed E-state index contributed by atoms with van der Waals surface area (Å²) in [6, 6.07) is 27.1. The molecule has 0 saturated carbocycles. The van der Waals surface area contributed by atoms with Gasteiger partial charge in [0.15, 0.2) is 0 Å². The second-order valence-electron chi connectivity index (χ2n) is 14.1. The van der Waals surface area contributed by atoms with E-state index in [1.54, 1.807) is 38.2 Å². The van der Waals surface area contributed by atoms with Crippen LogP contribution in [0.3, 0.4) is 0 Å². The van der Waals surface area contributed by atoms with Crippen molar-refractivity contribution in [3.63, 3.8) is 0 Å². The summed E-state index contributed by atoms with van der Waals surface area (Å²) in [6.07, 6.45) is 1.43. The summed E-state index contributed by atoms with van der Waals surface area (Å²) in [6.45, 7) is 5.32. The van der Waals surface area contributed by atoms with Gasteiger partial charge in [-0.15, -0.1) is 0 Å². The lowest BCUT2D eigenvalue weighted by atomic mass is 10.0. The number of furan rings is 1. The highest BCUT2D eigenvalue weighted by Gasteiger charge is 2.41. The van der Waals surface area contributed by atoms with Gasteiger partial charge in [-0.2, -0.15) is 4.98 Å². The lowest BCUT2D eigenvalue weighted by Crippen LogP contribution is -2.46. The predicted octanol–water partition coefficient (Wildman–Crippen LogP) is 7.89. The molecule has 294 valence electrons. The maximum absolute atomic E-state index is 13.3. The van der Waals surface area contributed by atoms with Crippen LogP contribution in [0.15, 0.2) is 106 Å². The van der Waals surface area contributed by atoms with E-state index in [4.69, 9.17) is 28.1 Å². The van der Waals surface area contributed by atoms with Crippen molar-refractivity contribution in [3.05, 3.63) is 124 Å². The Hall–Kier alpha value is -5.95.